The first-order chi connectivity index (χ1) is 7.82. The van der Waals surface area contributed by atoms with E-state index in [0.29, 0.717) is 13.0 Å². The number of hydrogen-bond acceptors (Lipinski definition) is 4. The van der Waals surface area contributed by atoms with E-state index in [9.17, 15) is 18.0 Å². The summed E-state index contributed by atoms with van der Waals surface area (Å²) in [4.78, 5) is 24.1. The van der Waals surface area contributed by atoms with E-state index in [1.807, 2.05) is 0 Å². The van der Waals surface area contributed by atoms with Gasteiger partial charge in [-0.25, -0.2) is 13.2 Å². The number of rotatable bonds is 1. The van der Waals surface area contributed by atoms with Gasteiger partial charge in [0.25, 0.3) is 0 Å². The van der Waals surface area contributed by atoms with E-state index in [2.05, 4.69) is 5.32 Å². The van der Waals surface area contributed by atoms with Gasteiger partial charge in [0.1, 0.15) is 5.38 Å². The third-order valence-electron chi connectivity index (χ3n) is 2.43. The third kappa shape index (κ3) is 4.51. The van der Waals surface area contributed by atoms with Crippen molar-refractivity contribution in [1.29, 1.82) is 0 Å². The first-order valence-electron chi connectivity index (χ1n) is 5.26. The van der Waals surface area contributed by atoms with Gasteiger partial charge in [-0.1, -0.05) is 0 Å². The number of amides is 3. The van der Waals surface area contributed by atoms with Gasteiger partial charge in [-0.05, 0) is 13.3 Å². The van der Waals surface area contributed by atoms with Crippen LogP contribution in [0.1, 0.15) is 13.3 Å². The molecule has 0 aliphatic carbocycles. The molecule has 1 aliphatic heterocycles. The summed E-state index contributed by atoms with van der Waals surface area (Å²) in [6.45, 7) is 1.89. The molecule has 0 aromatic carbocycles. The molecular formula is C9H15ClN2O4S. The Morgan fingerprint density at radius 2 is 1.94 bits per heavy atom. The summed E-state index contributed by atoms with van der Waals surface area (Å²) < 4.78 is 22.6. The molecule has 1 heterocycles. The SMILES string of the molecule is CC(Cl)C(=O)NC(=O)N1CCCS(=O)(=O)CC1. The van der Waals surface area contributed by atoms with Crippen LogP contribution in [0.2, 0.25) is 0 Å². The smallest absolute Gasteiger partial charge is 0.323 e. The molecule has 3 amide bonds. The fourth-order valence-corrected chi connectivity index (χ4v) is 2.75. The van der Waals surface area contributed by atoms with E-state index in [-0.39, 0.29) is 18.1 Å². The maximum absolute atomic E-state index is 11.6. The second-order valence-corrected chi connectivity index (χ2v) is 6.86. The number of sulfone groups is 1. The number of carbonyl (C=O) groups excluding carboxylic acids is 2. The molecule has 1 rings (SSSR count). The lowest BCUT2D eigenvalue weighted by Gasteiger charge is -2.19. The molecule has 1 unspecified atom stereocenters. The average molecular weight is 283 g/mol. The van der Waals surface area contributed by atoms with Gasteiger partial charge in [-0.15, -0.1) is 11.6 Å². The quantitative estimate of drug-likeness (QED) is 0.685. The Balaban J connectivity index is 2.56. The molecule has 6 nitrogen and oxygen atoms in total. The lowest BCUT2D eigenvalue weighted by Crippen LogP contribution is -2.46. The van der Waals surface area contributed by atoms with E-state index in [1.54, 1.807) is 0 Å². The Hall–Kier alpha value is -0.820. The zero-order valence-electron chi connectivity index (χ0n) is 9.48. The fourth-order valence-electron chi connectivity index (χ4n) is 1.43. The molecule has 1 atom stereocenters. The van der Waals surface area contributed by atoms with Crippen molar-refractivity contribution in [3.63, 3.8) is 0 Å². The second kappa shape index (κ2) is 5.68. The topological polar surface area (TPSA) is 83.6 Å². The zero-order valence-corrected chi connectivity index (χ0v) is 11.1. The summed E-state index contributed by atoms with van der Waals surface area (Å²) in [7, 11) is -3.06. The van der Waals surface area contributed by atoms with Gasteiger partial charge in [0, 0.05) is 13.1 Å². The van der Waals surface area contributed by atoms with Gasteiger partial charge in [-0.3, -0.25) is 10.1 Å². The van der Waals surface area contributed by atoms with Gasteiger partial charge in [0.05, 0.1) is 11.5 Å². The van der Waals surface area contributed by atoms with Gasteiger partial charge in [0.2, 0.25) is 5.91 Å². The second-order valence-electron chi connectivity index (χ2n) is 3.90. The molecule has 98 valence electrons. The minimum atomic E-state index is -3.06. The van der Waals surface area contributed by atoms with E-state index in [4.69, 9.17) is 11.6 Å². The van der Waals surface area contributed by atoms with Crippen LogP contribution in [0.5, 0.6) is 0 Å². The molecule has 0 aromatic heterocycles. The van der Waals surface area contributed by atoms with Crippen molar-refractivity contribution in [2.75, 3.05) is 24.6 Å². The number of imide groups is 1. The zero-order chi connectivity index (χ0) is 13.1. The number of urea groups is 1. The summed E-state index contributed by atoms with van der Waals surface area (Å²) in [6.07, 6.45) is 0.389. The van der Waals surface area contributed by atoms with Gasteiger partial charge >= 0.3 is 6.03 Å². The molecular weight excluding hydrogens is 268 g/mol. The number of hydrogen-bond donors (Lipinski definition) is 1. The van der Waals surface area contributed by atoms with E-state index in [1.165, 1.54) is 11.8 Å². The first-order valence-corrected chi connectivity index (χ1v) is 7.52. The maximum atomic E-state index is 11.6. The number of halogens is 1. The van der Waals surface area contributed by atoms with Crippen LogP contribution in [0.4, 0.5) is 4.79 Å². The standard InChI is InChI=1S/C9H15ClN2O4S/c1-7(10)8(13)11-9(14)12-3-2-5-17(15,16)6-4-12/h7H,2-6H2,1H3,(H,11,13,14). The number of alkyl halides is 1. The highest BCUT2D eigenvalue weighted by Crippen LogP contribution is 2.05. The summed E-state index contributed by atoms with van der Waals surface area (Å²) in [5, 5.41) is 1.33. The Morgan fingerprint density at radius 1 is 1.29 bits per heavy atom. The van der Waals surface area contributed by atoms with Crippen molar-refractivity contribution >= 4 is 33.4 Å². The van der Waals surface area contributed by atoms with Crippen molar-refractivity contribution in [3.8, 4) is 0 Å². The largest absolute Gasteiger partial charge is 0.324 e. The average Bonchev–Trinajstić information content (AvgIpc) is 2.39. The lowest BCUT2D eigenvalue weighted by atomic mass is 10.4. The van der Waals surface area contributed by atoms with Crippen molar-refractivity contribution in [3.05, 3.63) is 0 Å². The van der Waals surface area contributed by atoms with Crippen LogP contribution in [0.25, 0.3) is 0 Å². The molecule has 0 radical (unpaired) electrons. The Kier molecular flexibility index (Phi) is 4.76. The minimum Gasteiger partial charge on any atom is -0.323 e. The van der Waals surface area contributed by atoms with Crippen molar-refractivity contribution < 1.29 is 18.0 Å². The number of nitrogens with one attached hydrogen (secondary N) is 1. The highest BCUT2D eigenvalue weighted by Gasteiger charge is 2.24. The van der Waals surface area contributed by atoms with Crippen LogP contribution in [0, 0.1) is 0 Å². The maximum Gasteiger partial charge on any atom is 0.324 e. The molecule has 0 spiro atoms. The van der Waals surface area contributed by atoms with Gasteiger partial charge < -0.3 is 4.90 Å². The number of nitrogens with zero attached hydrogens (tertiary/aromatic N) is 1. The molecule has 0 saturated carbocycles. The lowest BCUT2D eigenvalue weighted by molar-refractivity contribution is -0.119. The monoisotopic (exact) mass is 282 g/mol. The van der Waals surface area contributed by atoms with Crippen LogP contribution in [-0.2, 0) is 14.6 Å². The number of carbonyl (C=O) groups is 2. The van der Waals surface area contributed by atoms with Crippen LogP contribution in [0.3, 0.4) is 0 Å². The fraction of sp³-hybridized carbons (Fsp3) is 0.778. The van der Waals surface area contributed by atoms with Crippen molar-refractivity contribution in [1.82, 2.24) is 10.2 Å². The normalized spacial score (nSPS) is 21.4. The van der Waals surface area contributed by atoms with Gasteiger partial charge in [0.15, 0.2) is 9.84 Å². The van der Waals surface area contributed by atoms with E-state index >= 15 is 0 Å². The van der Waals surface area contributed by atoms with Crippen LogP contribution in [0.15, 0.2) is 0 Å². The highest BCUT2D eigenvalue weighted by molar-refractivity contribution is 7.91. The first kappa shape index (κ1) is 14.2. The van der Waals surface area contributed by atoms with Crippen molar-refractivity contribution in [2.45, 2.75) is 18.7 Å². The molecule has 1 aliphatic rings. The molecule has 1 saturated heterocycles. The Bertz CT molecular complexity index is 407. The van der Waals surface area contributed by atoms with E-state index in [0.717, 1.165) is 0 Å². The molecule has 1 N–H and O–H groups in total. The molecule has 0 bridgehead atoms. The molecule has 1 fully saturated rings. The highest BCUT2D eigenvalue weighted by atomic mass is 35.5. The molecule has 17 heavy (non-hydrogen) atoms. The predicted octanol–water partition coefficient (Wildman–Crippen LogP) is -0.0296. The van der Waals surface area contributed by atoms with Crippen LogP contribution < -0.4 is 5.32 Å². The Morgan fingerprint density at radius 3 is 2.53 bits per heavy atom. The van der Waals surface area contributed by atoms with E-state index < -0.39 is 27.2 Å². The summed E-state index contributed by atoms with van der Waals surface area (Å²) in [5.41, 5.74) is 0. The third-order valence-corrected chi connectivity index (χ3v) is 4.35. The van der Waals surface area contributed by atoms with Crippen LogP contribution in [-0.4, -0.2) is 55.2 Å². The minimum absolute atomic E-state index is 0.0644. The summed E-state index contributed by atoms with van der Waals surface area (Å²) >= 11 is 5.51. The summed E-state index contributed by atoms with van der Waals surface area (Å²) in [5.74, 6) is -0.564. The van der Waals surface area contributed by atoms with Crippen molar-refractivity contribution in [2.24, 2.45) is 0 Å². The van der Waals surface area contributed by atoms with Crippen LogP contribution >= 0.6 is 11.6 Å². The summed E-state index contributed by atoms with van der Waals surface area (Å²) in [6, 6.07) is -0.584. The Labute approximate surface area is 105 Å². The van der Waals surface area contributed by atoms with Gasteiger partial charge in [-0.2, -0.15) is 0 Å². The predicted molar refractivity (Wildman–Crippen MR) is 63.7 cm³/mol. The molecule has 8 heteroatoms. The molecule has 0 aromatic rings.